The van der Waals surface area contributed by atoms with Crippen LogP contribution >= 0.6 is 11.6 Å². The predicted octanol–water partition coefficient (Wildman–Crippen LogP) is 6.93. The van der Waals surface area contributed by atoms with Gasteiger partial charge in [0, 0.05) is 22.7 Å². The molecule has 1 amide bonds. The highest BCUT2D eigenvalue weighted by Gasteiger charge is 2.74. The van der Waals surface area contributed by atoms with Gasteiger partial charge in [0.2, 0.25) is 0 Å². The van der Waals surface area contributed by atoms with E-state index in [1.54, 1.807) is 0 Å². The molecule has 1 aliphatic heterocycles. The number of aryl methyl sites for hydroxylation is 1. The fourth-order valence-corrected chi connectivity index (χ4v) is 9.06. The monoisotopic (exact) mass is 695 g/mol. The van der Waals surface area contributed by atoms with Gasteiger partial charge in [-0.15, -0.1) is 0 Å². The molecule has 3 aromatic rings. The number of carbonyl (C=O) groups is 2. The van der Waals surface area contributed by atoms with Crippen molar-refractivity contribution in [3.05, 3.63) is 99.3 Å². The number of benzene rings is 3. The third-order valence-electron chi connectivity index (χ3n) is 8.57. The lowest BCUT2D eigenvalue weighted by Gasteiger charge is -2.43. The Balaban J connectivity index is 1.66. The first-order chi connectivity index (χ1) is 21.3. The summed E-state index contributed by atoms with van der Waals surface area (Å²) in [5, 5.41) is 9.01. The van der Waals surface area contributed by atoms with Gasteiger partial charge in [0.1, 0.15) is 10.6 Å². The van der Waals surface area contributed by atoms with E-state index < -0.39 is 73.2 Å². The van der Waals surface area contributed by atoms with E-state index in [-0.39, 0.29) is 59.2 Å². The largest absolute Gasteiger partial charge is 0.481 e. The number of hydrogen-bond acceptors (Lipinski definition) is 4. The lowest BCUT2D eigenvalue weighted by Crippen LogP contribution is -2.53. The van der Waals surface area contributed by atoms with Crippen LogP contribution in [0.25, 0.3) is 0 Å². The minimum atomic E-state index is -6.40. The van der Waals surface area contributed by atoms with Crippen molar-refractivity contribution in [1.82, 2.24) is 4.90 Å². The Hall–Kier alpha value is -3.72. The molecule has 1 fully saturated rings. The number of carboxylic acid groups (broad SMARTS) is 1. The van der Waals surface area contributed by atoms with Crippen LogP contribution in [0.1, 0.15) is 45.5 Å². The van der Waals surface area contributed by atoms with Gasteiger partial charge in [-0.25, -0.2) is 17.2 Å². The Morgan fingerprint density at radius 2 is 1.57 bits per heavy atom. The Morgan fingerprint density at radius 3 is 2.13 bits per heavy atom. The van der Waals surface area contributed by atoms with Crippen LogP contribution < -0.4 is 0 Å². The van der Waals surface area contributed by atoms with Crippen LogP contribution in [0.15, 0.2) is 65.6 Å². The number of fused-ring (bicyclic) bond motifs is 3. The van der Waals surface area contributed by atoms with Gasteiger partial charge in [0.05, 0.1) is 17.4 Å². The third kappa shape index (κ3) is 5.11. The number of nitrogens with zero attached hydrogens (tertiary/aromatic N) is 1. The summed E-state index contributed by atoms with van der Waals surface area (Å²) < 4.78 is 137. The van der Waals surface area contributed by atoms with Gasteiger partial charge >= 0.3 is 24.0 Å². The summed E-state index contributed by atoms with van der Waals surface area (Å²) in [6, 6.07) is 7.52. The number of likely N-dealkylation sites (tertiary alicyclic amines) is 1. The van der Waals surface area contributed by atoms with Crippen molar-refractivity contribution in [3.63, 3.8) is 0 Å². The van der Waals surface area contributed by atoms with Gasteiger partial charge in [-0.2, -0.15) is 26.3 Å². The summed E-state index contributed by atoms with van der Waals surface area (Å²) in [7, 11) is -4.66. The van der Waals surface area contributed by atoms with Crippen molar-refractivity contribution in [2.45, 2.75) is 59.4 Å². The molecule has 0 unspecified atom stereocenters. The lowest BCUT2D eigenvalue weighted by atomic mass is 9.76. The SMILES string of the molecule is O=C(O)Cc1ccc(C(=O)N2CC[C@@]3(S(=O)(=O)c4ccc(F)cc4)c4ccc(C(F)(C(F)(F)F)C(F)(F)F)cc4CC[C@@H]23)cc1Cl. The highest BCUT2D eigenvalue weighted by Crippen LogP contribution is 2.56. The van der Waals surface area contributed by atoms with Crippen LogP contribution in [0.3, 0.4) is 0 Å². The molecule has 16 heteroatoms. The van der Waals surface area contributed by atoms with Crippen molar-refractivity contribution < 1.29 is 58.2 Å². The Bertz CT molecular complexity index is 1810. The van der Waals surface area contributed by atoms with E-state index in [1.807, 2.05) is 0 Å². The molecular weight excluding hydrogens is 674 g/mol. The fourth-order valence-electron chi connectivity index (χ4n) is 6.45. The van der Waals surface area contributed by atoms with Gasteiger partial charge in [-0.05, 0) is 72.4 Å². The van der Waals surface area contributed by atoms with Crippen LogP contribution in [0.4, 0.5) is 35.1 Å². The number of amides is 1. The molecule has 1 heterocycles. The molecule has 1 N–H and O–H groups in total. The summed E-state index contributed by atoms with van der Waals surface area (Å²) in [6.45, 7) is -0.238. The van der Waals surface area contributed by atoms with Crippen molar-refractivity contribution >= 4 is 33.3 Å². The van der Waals surface area contributed by atoms with E-state index in [0.717, 1.165) is 30.3 Å². The van der Waals surface area contributed by atoms with Crippen LogP contribution in [0.5, 0.6) is 0 Å². The highest BCUT2D eigenvalue weighted by molar-refractivity contribution is 7.92. The molecule has 1 aliphatic carbocycles. The molecule has 6 nitrogen and oxygen atoms in total. The Morgan fingerprint density at radius 1 is 0.935 bits per heavy atom. The van der Waals surface area contributed by atoms with E-state index in [1.165, 1.54) is 23.1 Å². The summed E-state index contributed by atoms with van der Waals surface area (Å²) in [4.78, 5) is 25.6. The topological polar surface area (TPSA) is 91.8 Å². The average molecular weight is 696 g/mol. The zero-order valence-electron chi connectivity index (χ0n) is 23.2. The second-order valence-corrected chi connectivity index (χ2v) is 13.7. The van der Waals surface area contributed by atoms with Gasteiger partial charge in [0.15, 0.2) is 9.84 Å². The second kappa shape index (κ2) is 11.2. The first-order valence-electron chi connectivity index (χ1n) is 13.5. The maximum absolute atomic E-state index is 15.0. The molecule has 3 aromatic carbocycles. The summed E-state index contributed by atoms with van der Waals surface area (Å²) in [6.07, 6.45) is -14.2. The summed E-state index contributed by atoms with van der Waals surface area (Å²) in [5.74, 6) is -2.69. The molecule has 0 saturated carbocycles. The van der Waals surface area contributed by atoms with Crippen molar-refractivity contribution in [1.29, 1.82) is 0 Å². The Labute approximate surface area is 261 Å². The number of alkyl halides is 7. The van der Waals surface area contributed by atoms with E-state index in [2.05, 4.69) is 0 Å². The molecule has 5 rings (SSSR count). The Kier molecular flexibility index (Phi) is 8.20. The zero-order valence-corrected chi connectivity index (χ0v) is 24.8. The zero-order chi connectivity index (χ0) is 34.0. The molecular formula is C30H22ClF8NO5S. The average Bonchev–Trinajstić information content (AvgIpc) is 3.37. The fraction of sp³-hybridized carbons (Fsp3) is 0.333. The molecule has 0 spiro atoms. The number of carbonyl (C=O) groups excluding carboxylic acids is 1. The normalized spacial score (nSPS) is 20.3. The van der Waals surface area contributed by atoms with E-state index in [0.29, 0.717) is 6.07 Å². The molecule has 0 aromatic heterocycles. The highest BCUT2D eigenvalue weighted by atomic mass is 35.5. The number of sulfone groups is 1. The minimum absolute atomic E-state index is 0.0344. The first kappa shape index (κ1) is 33.6. The predicted molar refractivity (Wildman–Crippen MR) is 147 cm³/mol. The van der Waals surface area contributed by atoms with Crippen molar-refractivity contribution in [3.8, 4) is 0 Å². The van der Waals surface area contributed by atoms with E-state index in [9.17, 15) is 53.1 Å². The molecule has 46 heavy (non-hydrogen) atoms. The quantitative estimate of drug-likeness (QED) is 0.223. The van der Waals surface area contributed by atoms with Crippen LogP contribution in [-0.4, -0.2) is 55.2 Å². The number of halogens is 9. The second-order valence-electron chi connectivity index (χ2n) is 11.1. The third-order valence-corrected chi connectivity index (χ3v) is 11.5. The standard InChI is InChI=1S/C30H22ClF8NO5S/c31-23-14-18(2-1-17(23)15-25(41)42)26(43)40-12-11-27(46(44,45)21-7-5-20(32)6-8-21)22-9-4-19(13-16(22)3-10-24(27)40)28(33,29(34,35)36)30(37,38)39/h1-2,4-9,13-14,24H,3,10-12,15H2,(H,41,42)/t24-,27-/m1/s1. The molecule has 0 bridgehead atoms. The lowest BCUT2D eigenvalue weighted by molar-refractivity contribution is -0.348. The maximum atomic E-state index is 15.0. The number of carboxylic acids is 1. The van der Waals surface area contributed by atoms with Gasteiger partial charge in [0.25, 0.3) is 5.91 Å². The van der Waals surface area contributed by atoms with Crippen molar-refractivity contribution in [2.75, 3.05) is 6.54 Å². The van der Waals surface area contributed by atoms with Crippen LogP contribution in [0.2, 0.25) is 5.02 Å². The summed E-state index contributed by atoms with van der Waals surface area (Å²) >= 11 is 6.19. The number of hydrogen-bond donors (Lipinski definition) is 1. The van der Waals surface area contributed by atoms with Gasteiger partial charge in [-0.3, -0.25) is 9.59 Å². The number of aliphatic carboxylic acids is 1. The maximum Gasteiger partial charge on any atom is 0.435 e. The molecule has 0 radical (unpaired) electrons. The van der Waals surface area contributed by atoms with Gasteiger partial charge < -0.3 is 10.0 Å². The number of rotatable bonds is 6. The molecule has 2 aliphatic rings. The van der Waals surface area contributed by atoms with E-state index in [4.69, 9.17) is 16.7 Å². The van der Waals surface area contributed by atoms with Crippen molar-refractivity contribution in [2.24, 2.45) is 0 Å². The molecule has 246 valence electrons. The smallest absolute Gasteiger partial charge is 0.435 e. The van der Waals surface area contributed by atoms with E-state index >= 15 is 0 Å². The van der Waals surface area contributed by atoms with Crippen LogP contribution in [0, 0.1) is 5.82 Å². The summed E-state index contributed by atoms with van der Waals surface area (Å²) in [5.41, 5.74) is -7.86. The van der Waals surface area contributed by atoms with Gasteiger partial charge in [-0.1, -0.05) is 35.9 Å². The van der Waals surface area contributed by atoms with Crippen LogP contribution in [-0.2, 0) is 37.9 Å². The first-order valence-corrected chi connectivity index (χ1v) is 15.4. The minimum Gasteiger partial charge on any atom is -0.481 e. The molecule has 1 saturated heterocycles. The molecule has 2 atom stereocenters.